The van der Waals surface area contributed by atoms with Crippen LogP contribution in [0.5, 0.6) is 0 Å². The van der Waals surface area contributed by atoms with Crippen molar-refractivity contribution in [2.24, 2.45) is 0 Å². The first-order valence-corrected chi connectivity index (χ1v) is 23.4. The van der Waals surface area contributed by atoms with Crippen molar-refractivity contribution in [3.63, 3.8) is 0 Å². The number of allylic oxidation sites excluding steroid dienone is 10. The minimum Gasteiger partial charge on any atom is -0.462 e. The summed E-state index contributed by atoms with van der Waals surface area (Å²) in [6.45, 7) is 3.32. The highest BCUT2D eigenvalue weighted by Crippen LogP contribution is 2.22. The SMILES string of the molecule is CCCCC/C=C/C/C=C/C/C=C/C/C=C/CCCC(=O)OC[C@@H](CO[C@H]1O[C@@H](CO)[C@@H](O)C(O)C1O)OC(=O)CCCCCCCCCCC/C=C/CCCCCC. The fourth-order valence-corrected chi connectivity index (χ4v) is 6.65. The standard InChI is InChI=1S/C49H84O10/c1-3-5-7-9-11-13-15-17-19-21-23-25-27-29-31-33-35-37-44(51)56-40-42(41-57-49-48(55)47(54)46(53)43(39-50)59-49)58-45(52)38-36-34-32-30-28-26-24-22-20-18-16-14-12-10-8-6-4-2/h11,13-14,16-17,19,23,25,29,31,42-43,46-50,53-55H,3-10,12,15,18,20-22,24,26-28,30,32-41H2,1-2H3/b13-11+,16-14+,19-17+,25-23+,31-29+/t42-,43-,46+,47?,48?,49-/m0/s1. The molecule has 1 heterocycles. The third kappa shape index (κ3) is 31.0. The quantitative estimate of drug-likeness (QED) is 0.0269. The Morgan fingerprint density at radius 1 is 0.525 bits per heavy atom. The van der Waals surface area contributed by atoms with Gasteiger partial charge in [0.25, 0.3) is 0 Å². The molecule has 2 unspecified atom stereocenters. The van der Waals surface area contributed by atoms with Gasteiger partial charge in [0.15, 0.2) is 12.4 Å². The third-order valence-corrected chi connectivity index (χ3v) is 10.4. The molecular formula is C49H84O10. The Kier molecular flexibility index (Phi) is 36.5. The van der Waals surface area contributed by atoms with E-state index in [2.05, 4.69) is 68.5 Å². The molecule has 1 fully saturated rings. The molecular weight excluding hydrogens is 749 g/mol. The lowest BCUT2D eigenvalue weighted by Gasteiger charge is -2.39. The lowest BCUT2D eigenvalue weighted by molar-refractivity contribution is -0.305. The van der Waals surface area contributed by atoms with Gasteiger partial charge >= 0.3 is 11.9 Å². The van der Waals surface area contributed by atoms with Crippen molar-refractivity contribution in [3.8, 4) is 0 Å². The Morgan fingerprint density at radius 2 is 0.966 bits per heavy atom. The monoisotopic (exact) mass is 833 g/mol. The molecule has 10 heteroatoms. The van der Waals surface area contributed by atoms with Gasteiger partial charge in [-0.3, -0.25) is 9.59 Å². The second-order valence-electron chi connectivity index (χ2n) is 15.8. The summed E-state index contributed by atoms with van der Waals surface area (Å²) in [6, 6.07) is 0. The number of aliphatic hydroxyl groups excluding tert-OH is 4. The van der Waals surface area contributed by atoms with E-state index in [1.165, 1.54) is 89.9 Å². The molecule has 1 aliphatic heterocycles. The van der Waals surface area contributed by atoms with Crippen LogP contribution < -0.4 is 0 Å². The van der Waals surface area contributed by atoms with E-state index in [0.29, 0.717) is 12.8 Å². The predicted octanol–water partition coefficient (Wildman–Crippen LogP) is 10.2. The molecule has 0 aliphatic carbocycles. The average molecular weight is 833 g/mol. The zero-order valence-corrected chi connectivity index (χ0v) is 37.0. The van der Waals surface area contributed by atoms with Crippen molar-refractivity contribution in [1.82, 2.24) is 0 Å². The van der Waals surface area contributed by atoms with Gasteiger partial charge in [-0.2, -0.15) is 0 Å². The maximum Gasteiger partial charge on any atom is 0.306 e. The van der Waals surface area contributed by atoms with E-state index in [1.807, 2.05) is 6.08 Å². The van der Waals surface area contributed by atoms with E-state index in [9.17, 15) is 30.0 Å². The van der Waals surface area contributed by atoms with Crippen molar-refractivity contribution < 1.29 is 49.0 Å². The van der Waals surface area contributed by atoms with Crippen LogP contribution in [-0.2, 0) is 28.5 Å². The molecule has 1 saturated heterocycles. The number of hydrogen-bond acceptors (Lipinski definition) is 10. The van der Waals surface area contributed by atoms with E-state index >= 15 is 0 Å². The zero-order chi connectivity index (χ0) is 43.0. The van der Waals surface area contributed by atoms with Crippen molar-refractivity contribution >= 4 is 11.9 Å². The third-order valence-electron chi connectivity index (χ3n) is 10.4. The van der Waals surface area contributed by atoms with Crippen LogP contribution in [0.3, 0.4) is 0 Å². The first-order valence-electron chi connectivity index (χ1n) is 23.4. The van der Waals surface area contributed by atoms with Gasteiger partial charge in [-0.15, -0.1) is 0 Å². The van der Waals surface area contributed by atoms with Crippen LogP contribution in [0.25, 0.3) is 0 Å². The largest absolute Gasteiger partial charge is 0.462 e. The lowest BCUT2D eigenvalue weighted by atomic mass is 9.99. The summed E-state index contributed by atoms with van der Waals surface area (Å²) in [5, 5.41) is 40.1. The second-order valence-corrected chi connectivity index (χ2v) is 15.8. The van der Waals surface area contributed by atoms with Crippen LogP contribution in [0.15, 0.2) is 60.8 Å². The zero-order valence-electron chi connectivity index (χ0n) is 37.0. The molecule has 0 saturated carbocycles. The van der Waals surface area contributed by atoms with E-state index in [-0.39, 0.29) is 26.1 Å². The number of ether oxygens (including phenoxy) is 4. The summed E-state index contributed by atoms with van der Waals surface area (Å²) >= 11 is 0. The number of carbonyl (C=O) groups is 2. The molecule has 0 amide bonds. The molecule has 0 bridgehead atoms. The lowest BCUT2D eigenvalue weighted by Crippen LogP contribution is -2.59. The van der Waals surface area contributed by atoms with Gasteiger partial charge in [-0.25, -0.2) is 0 Å². The smallest absolute Gasteiger partial charge is 0.306 e. The topological polar surface area (TPSA) is 152 Å². The van der Waals surface area contributed by atoms with Gasteiger partial charge in [0, 0.05) is 12.8 Å². The van der Waals surface area contributed by atoms with Gasteiger partial charge in [0.1, 0.15) is 31.0 Å². The molecule has 4 N–H and O–H groups in total. The highest BCUT2D eigenvalue weighted by atomic mass is 16.7. The summed E-state index contributed by atoms with van der Waals surface area (Å²) in [6.07, 6.45) is 40.8. The Morgan fingerprint density at radius 3 is 1.53 bits per heavy atom. The number of aliphatic hydroxyl groups is 4. The Balaban J connectivity index is 2.36. The highest BCUT2D eigenvalue weighted by molar-refractivity contribution is 5.70. The first-order chi connectivity index (χ1) is 28.8. The van der Waals surface area contributed by atoms with E-state index < -0.39 is 55.4 Å². The Bertz CT molecular complexity index is 1150. The molecule has 0 spiro atoms. The molecule has 59 heavy (non-hydrogen) atoms. The van der Waals surface area contributed by atoms with Crippen molar-refractivity contribution in [2.45, 2.75) is 218 Å². The van der Waals surface area contributed by atoms with Gasteiger partial charge in [0.05, 0.1) is 13.2 Å². The number of hydrogen-bond donors (Lipinski definition) is 4. The van der Waals surface area contributed by atoms with Crippen LogP contribution >= 0.6 is 0 Å². The maximum atomic E-state index is 12.8. The summed E-state index contributed by atoms with van der Waals surface area (Å²) in [7, 11) is 0. The van der Waals surface area contributed by atoms with Crippen molar-refractivity contribution in [3.05, 3.63) is 60.8 Å². The molecule has 1 rings (SSSR count). The molecule has 0 aromatic heterocycles. The molecule has 0 aromatic rings. The summed E-state index contributed by atoms with van der Waals surface area (Å²) in [5.74, 6) is -0.876. The first kappa shape index (κ1) is 54.4. The minimum absolute atomic E-state index is 0.197. The Hall–Kier alpha value is -2.60. The fraction of sp³-hybridized carbons (Fsp3) is 0.755. The van der Waals surface area contributed by atoms with Crippen molar-refractivity contribution in [2.75, 3.05) is 19.8 Å². The molecule has 1 aliphatic rings. The molecule has 6 atom stereocenters. The number of rotatable bonds is 38. The van der Waals surface area contributed by atoms with E-state index in [4.69, 9.17) is 18.9 Å². The molecule has 10 nitrogen and oxygen atoms in total. The Labute approximate surface area is 358 Å². The molecule has 0 radical (unpaired) electrons. The van der Waals surface area contributed by atoms with Crippen LogP contribution in [-0.4, -0.2) is 89.0 Å². The minimum atomic E-state index is -1.61. The van der Waals surface area contributed by atoms with Gasteiger partial charge in [0.2, 0.25) is 0 Å². The summed E-state index contributed by atoms with van der Waals surface area (Å²) in [5.41, 5.74) is 0. The van der Waals surface area contributed by atoms with Crippen LogP contribution in [0.1, 0.15) is 181 Å². The predicted molar refractivity (Wildman–Crippen MR) is 238 cm³/mol. The number of unbranched alkanes of at least 4 members (excludes halogenated alkanes) is 17. The van der Waals surface area contributed by atoms with E-state index in [1.54, 1.807) is 0 Å². The van der Waals surface area contributed by atoms with Gasteiger partial charge in [-0.05, 0) is 77.0 Å². The van der Waals surface area contributed by atoms with Crippen LogP contribution in [0.4, 0.5) is 0 Å². The van der Waals surface area contributed by atoms with Crippen molar-refractivity contribution in [1.29, 1.82) is 0 Å². The second kappa shape index (κ2) is 39.5. The van der Waals surface area contributed by atoms with Crippen LogP contribution in [0.2, 0.25) is 0 Å². The summed E-state index contributed by atoms with van der Waals surface area (Å²) in [4.78, 5) is 25.3. The average Bonchev–Trinajstić information content (AvgIpc) is 3.23. The summed E-state index contributed by atoms with van der Waals surface area (Å²) < 4.78 is 22.1. The molecule has 340 valence electrons. The maximum absolute atomic E-state index is 12.8. The van der Waals surface area contributed by atoms with Gasteiger partial charge < -0.3 is 39.4 Å². The fourth-order valence-electron chi connectivity index (χ4n) is 6.65. The number of carbonyl (C=O) groups excluding carboxylic acids is 2. The van der Waals surface area contributed by atoms with Crippen LogP contribution in [0, 0.1) is 0 Å². The molecule has 0 aromatic carbocycles. The normalized spacial score (nSPS) is 20.5. The van der Waals surface area contributed by atoms with E-state index in [0.717, 1.165) is 51.4 Å². The highest BCUT2D eigenvalue weighted by Gasteiger charge is 2.44. The van der Waals surface area contributed by atoms with Gasteiger partial charge in [-0.1, -0.05) is 152 Å². The number of esters is 2.